The number of allylic oxidation sites excluding steroid dienone is 2. The van der Waals surface area contributed by atoms with Gasteiger partial charge in [-0.3, -0.25) is 13.9 Å². The third-order valence-electron chi connectivity index (χ3n) is 4.76. The number of aromatic hydroxyl groups is 1. The van der Waals surface area contributed by atoms with Crippen LogP contribution in [0, 0.1) is 11.6 Å². The summed E-state index contributed by atoms with van der Waals surface area (Å²) in [6.07, 6.45) is 0.743. The highest BCUT2D eigenvalue weighted by molar-refractivity contribution is 5.23. The van der Waals surface area contributed by atoms with Gasteiger partial charge in [0.15, 0.2) is 0 Å². The molecule has 0 amide bonds. The van der Waals surface area contributed by atoms with E-state index >= 15 is 0 Å². The van der Waals surface area contributed by atoms with Crippen LogP contribution in [-0.4, -0.2) is 14.2 Å². The molecule has 0 aliphatic rings. The Kier molecular flexibility index (Phi) is 6.65. The minimum absolute atomic E-state index is 0.00718. The van der Waals surface area contributed by atoms with Crippen LogP contribution in [0.2, 0.25) is 0 Å². The first kappa shape index (κ1) is 22.0. The second-order valence-electron chi connectivity index (χ2n) is 7.40. The average Bonchev–Trinajstić information content (AvgIpc) is 2.72. The fourth-order valence-corrected chi connectivity index (χ4v) is 3.24. The molecule has 5 nitrogen and oxygen atoms in total. The Morgan fingerprint density at radius 2 is 1.19 bits per heavy atom. The summed E-state index contributed by atoms with van der Waals surface area (Å²) < 4.78 is 28.2. The lowest BCUT2D eigenvalue weighted by molar-refractivity contribution is 0.398. The van der Waals surface area contributed by atoms with Crippen molar-refractivity contribution < 1.29 is 13.9 Å². The third-order valence-corrected chi connectivity index (χ3v) is 4.76. The molecule has 1 N–H and O–H groups in total. The number of aromatic nitrogens is 2. The van der Waals surface area contributed by atoms with Crippen molar-refractivity contribution in [2.75, 3.05) is 0 Å². The van der Waals surface area contributed by atoms with E-state index in [1.165, 1.54) is 24.3 Å². The lowest BCUT2D eigenvalue weighted by Crippen LogP contribution is -2.40. The van der Waals surface area contributed by atoms with Crippen molar-refractivity contribution in [1.29, 1.82) is 0 Å². The van der Waals surface area contributed by atoms with Crippen molar-refractivity contribution in [3.8, 4) is 5.88 Å². The summed E-state index contributed by atoms with van der Waals surface area (Å²) in [6, 6.07) is 12.7. The van der Waals surface area contributed by atoms with Crippen molar-refractivity contribution in [2.24, 2.45) is 0 Å². The molecule has 31 heavy (non-hydrogen) atoms. The van der Waals surface area contributed by atoms with E-state index in [9.17, 15) is 23.5 Å². The van der Waals surface area contributed by atoms with Crippen LogP contribution >= 0.6 is 0 Å². The van der Waals surface area contributed by atoms with E-state index in [-0.39, 0.29) is 24.7 Å². The molecule has 3 rings (SSSR count). The van der Waals surface area contributed by atoms with Gasteiger partial charge in [0.25, 0.3) is 5.56 Å². The number of hydrogen-bond acceptors (Lipinski definition) is 3. The summed E-state index contributed by atoms with van der Waals surface area (Å²) >= 11 is 0. The molecule has 0 saturated heterocycles. The van der Waals surface area contributed by atoms with Crippen LogP contribution in [-0.2, 0) is 25.9 Å². The van der Waals surface area contributed by atoms with Crippen molar-refractivity contribution >= 4 is 0 Å². The molecule has 0 fully saturated rings. The topological polar surface area (TPSA) is 64.2 Å². The zero-order valence-corrected chi connectivity index (χ0v) is 16.9. The Balaban J connectivity index is 1.77. The van der Waals surface area contributed by atoms with Gasteiger partial charge in [-0.05, 0) is 48.2 Å². The van der Waals surface area contributed by atoms with Crippen LogP contribution < -0.4 is 11.2 Å². The predicted molar refractivity (Wildman–Crippen MR) is 115 cm³/mol. The lowest BCUT2D eigenvalue weighted by atomic mass is 10.1. The fourth-order valence-electron chi connectivity index (χ4n) is 3.24. The average molecular weight is 424 g/mol. The Morgan fingerprint density at radius 3 is 1.65 bits per heavy atom. The van der Waals surface area contributed by atoms with Crippen LogP contribution in [0.25, 0.3) is 0 Å². The maximum Gasteiger partial charge on any atom is 0.334 e. The summed E-state index contributed by atoms with van der Waals surface area (Å²) in [7, 11) is 0. The SMILES string of the molecule is C=C(Cc1ccc(F)cc1)Cn1c(O)cc(=O)n(CC(=C)Cc2ccc(F)cc2)c1=O. The van der Waals surface area contributed by atoms with Gasteiger partial charge in [0.1, 0.15) is 11.6 Å². The van der Waals surface area contributed by atoms with Crippen molar-refractivity contribution in [3.63, 3.8) is 0 Å². The van der Waals surface area contributed by atoms with Crippen molar-refractivity contribution in [1.82, 2.24) is 9.13 Å². The molecule has 0 radical (unpaired) electrons. The molecule has 0 bridgehead atoms. The number of rotatable bonds is 8. The number of nitrogens with zero attached hydrogens (tertiary/aromatic N) is 2. The van der Waals surface area contributed by atoms with Crippen LogP contribution in [0.1, 0.15) is 11.1 Å². The van der Waals surface area contributed by atoms with Crippen LogP contribution in [0.3, 0.4) is 0 Å². The van der Waals surface area contributed by atoms with Crippen LogP contribution in [0.15, 0.2) is 88.5 Å². The molecule has 0 atom stereocenters. The second-order valence-corrected chi connectivity index (χ2v) is 7.40. The Labute approximate surface area is 177 Å². The normalized spacial score (nSPS) is 10.8. The van der Waals surface area contributed by atoms with Gasteiger partial charge in [0, 0.05) is 0 Å². The highest BCUT2D eigenvalue weighted by Crippen LogP contribution is 2.13. The van der Waals surface area contributed by atoms with Gasteiger partial charge in [-0.2, -0.15) is 0 Å². The molecule has 0 aliphatic heterocycles. The molecule has 0 saturated carbocycles. The minimum atomic E-state index is -0.689. The minimum Gasteiger partial charge on any atom is -0.494 e. The van der Waals surface area contributed by atoms with Gasteiger partial charge in [-0.25, -0.2) is 13.6 Å². The molecule has 2 aromatic carbocycles. The smallest absolute Gasteiger partial charge is 0.334 e. The van der Waals surface area contributed by atoms with Crippen molar-refractivity contribution in [2.45, 2.75) is 25.9 Å². The Hall–Kier alpha value is -3.74. The molecule has 1 aromatic heterocycles. The van der Waals surface area contributed by atoms with Gasteiger partial charge < -0.3 is 5.11 Å². The molecule has 1 heterocycles. The lowest BCUT2D eigenvalue weighted by Gasteiger charge is -2.14. The maximum absolute atomic E-state index is 13.1. The molecule has 7 heteroatoms. The number of benzene rings is 2. The fraction of sp³-hybridized carbons (Fsp3) is 0.167. The van der Waals surface area contributed by atoms with Gasteiger partial charge in [-0.1, -0.05) is 48.6 Å². The van der Waals surface area contributed by atoms with Crippen LogP contribution in [0.4, 0.5) is 8.78 Å². The first-order valence-corrected chi connectivity index (χ1v) is 9.59. The Morgan fingerprint density at radius 1 is 0.774 bits per heavy atom. The quantitative estimate of drug-likeness (QED) is 0.562. The first-order chi connectivity index (χ1) is 14.7. The first-order valence-electron chi connectivity index (χ1n) is 9.59. The zero-order valence-electron chi connectivity index (χ0n) is 16.9. The highest BCUT2D eigenvalue weighted by Gasteiger charge is 2.13. The van der Waals surface area contributed by atoms with E-state index in [1.807, 2.05) is 0 Å². The largest absolute Gasteiger partial charge is 0.494 e. The summed E-state index contributed by atoms with van der Waals surface area (Å²) in [6.45, 7) is 7.79. The third kappa shape index (κ3) is 5.66. The highest BCUT2D eigenvalue weighted by atomic mass is 19.1. The molecule has 0 aliphatic carbocycles. The van der Waals surface area contributed by atoms with E-state index in [1.54, 1.807) is 24.3 Å². The monoisotopic (exact) mass is 424 g/mol. The molecule has 0 spiro atoms. The molecule has 160 valence electrons. The summed E-state index contributed by atoms with van der Waals surface area (Å²) in [5, 5.41) is 10.1. The standard InChI is InChI=1S/C24H22F2N2O3/c1-16(11-18-3-7-20(25)8-4-18)14-27-22(29)13-23(30)28(24(27)31)15-17(2)12-19-5-9-21(26)10-6-19/h3-10,13,29H,1-2,11-12,14-15H2. The van der Waals surface area contributed by atoms with E-state index in [2.05, 4.69) is 13.2 Å². The van der Waals surface area contributed by atoms with E-state index in [0.29, 0.717) is 24.0 Å². The zero-order chi connectivity index (χ0) is 22.5. The summed E-state index contributed by atoms with van der Waals surface area (Å²) in [4.78, 5) is 25.2. The van der Waals surface area contributed by atoms with Gasteiger partial charge >= 0.3 is 5.69 Å². The molecular weight excluding hydrogens is 402 g/mol. The van der Waals surface area contributed by atoms with Crippen molar-refractivity contribution in [3.05, 3.63) is 123 Å². The second kappa shape index (κ2) is 9.38. The maximum atomic E-state index is 13.1. The van der Waals surface area contributed by atoms with E-state index < -0.39 is 17.1 Å². The van der Waals surface area contributed by atoms with Gasteiger partial charge in [0.05, 0.1) is 19.2 Å². The van der Waals surface area contributed by atoms with Gasteiger partial charge in [-0.15, -0.1) is 0 Å². The summed E-state index contributed by atoms with van der Waals surface area (Å²) in [5.74, 6) is -1.17. The summed E-state index contributed by atoms with van der Waals surface area (Å²) in [5.41, 5.74) is 1.44. The predicted octanol–water partition coefficient (Wildman–Crippen LogP) is 3.59. The number of halogens is 2. The number of hydrogen-bond donors (Lipinski definition) is 1. The van der Waals surface area contributed by atoms with Gasteiger partial charge in [0.2, 0.25) is 5.88 Å². The molecular formula is C24H22F2N2O3. The van der Waals surface area contributed by atoms with E-state index in [4.69, 9.17) is 0 Å². The Bertz CT molecular complexity index is 1220. The van der Waals surface area contributed by atoms with E-state index in [0.717, 1.165) is 26.3 Å². The molecule has 3 aromatic rings. The molecule has 0 unspecified atom stereocenters. The van der Waals surface area contributed by atoms with Crippen LogP contribution in [0.5, 0.6) is 5.88 Å².